The van der Waals surface area contributed by atoms with Crippen LogP contribution in [-0.2, 0) is 11.3 Å². The maximum Gasteiger partial charge on any atom is 0.225 e. The molecular formula is C26H32ClN3O3. The molecule has 1 saturated heterocycles. The van der Waals surface area contributed by atoms with Gasteiger partial charge in [0.1, 0.15) is 11.5 Å². The summed E-state index contributed by atoms with van der Waals surface area (Å²) in [6.07, 6.45) is 0.448. The summed E-state index contributed by atoms with van der Waals surface area (Å²) < 4.78 is 10.6. The van der Waals surface area contributed by atoms with Crippen molar-refractivity contribution < 1.29 is 14.3 Å². The van der Waals surface area contributed by atoms with Gasteiger partial charge in [0.05, 0.1) is 19.9 Å². The average Bonchev–Trinajstić information content (AvgIpc) is 2.84. The minimum Gasteiger partial charge on any atom is -0.497 e. The summed E-state index contributed by atoms with van der Waals surface area (Å²) in [4.78, 5) is 17.4. The zero-order valence-corrected chi connectivity index (χ0v) is 20.1. The van der Waals surface area contributed by atoms with E-state index in [0.29, 0.717) is 23.6 Å². The number of halogens is 1. The Kier molecular flexibility index (Phi) is 8.95. The van der Waals surface area contributed by atoms with Crippen LogP contribution in [0.5, 0.6) is 11.5 Å². The molecule has 176 valence electrons. The van der Waals surface area contributed by atoms with Crippen LogP contribution in [0.2, 0.25) is 0 Å². The molecule has 3 aromatic rings. The van der Waals surface area contributed by atoms with E-state index in [9.17, 15) is 4.79 Å². The maximum atomic E-state index is 12.5. The van der Waals surface area contributed by atoms with E-state index in [2.05, 4.69) is 57.6 Å². The van der Waals surface area contributed by atoms with Gasteiger partial charge in [-0.3, -0.25) is 9.69 Å². The van der Waals surface area contributed by atoms with Crippen molar-refractivity contribution >= 4 is 34.8 Å². The van der Waals surface area contributed by atoms with Crippen LogP contribution in [0.25, 0.3) is 10.8 Å². The number of carbonyl (C=O) groups is 1. The highest BCUT2D eigenvalue weighted by Crippen LogP contribution is 2.29. The quantitative estimate of drug-likeness (QED) is 0.529. The predicted molar refractivity (Wildman–Crippen MR) is 136 cm³/mol. The van der Waals surface area contributed by atoms with E-state index >= 15 is 0 Å². The standard InChI is InChI=1S/C26H31N3O3.ClH/c1-31-22-10-11-25(32-2)24(18-22)27-26(30)12-13-28-14-16-29(17-15-28)19-21-8-5-7-20-6-3-4-9-23(20)21;/h3-11,18H,12-17,19H2,1-2H3,(H,27,30);1H. The van der Waals surface area contributed by atoms with Crippen molar-refractivity contribution in [2.45, 2.75) is 13.0 Å². The summed E-state index contributed by atoms with van der Waals surface area (Å²) in [7, 11) is 3.20. The van der Waals surface area contributed by atoms with Gasteiger partial charge in [0.15, 0.2) is 0 Å². The summed E-state index contributed by atoms with van der Waals surface area (Å²) in [5.41, 5.74) is 2.01. The van der Waals surface area contributed by atoms with Crippen LogP contribution in [0.4, 0.5) is 5.69 Å². The van der Waals surface area contributed by atoms with Gasteiger partial charge < -0.3 is 19.7 Å². The lowest BCUT2D eigenvalue weighted by atomic mass is 10.0. The molecule has 1 aliphatic rings. The molecule has 33 heavy (non-hydrogen) atoms. The van der Waals surface area contributed by atoms with Gasteiger partial charge in [-0.25, -0.2) is 0 Å². The normalized spacial score (nSPS) is 14.5. The van der Waals surface area contributed by atoms with E-state index in [-0.39, 0.29) is 18.3 Å². The van der Waals surface area contributed by atoms with Crippen molar-refractivity contribution in [2.24, 2.45) is 0 Å². The molecule has 0 aromatic heterocycles. The number of anilines is 1. The first kappa shape index (κ1) is 24.8. The lowest BCUT2D eigenvalue weighted by Crippen LogP contribution is -2.46. The number of carbonyl (C=O) groups excluding carboxylic acids is 1. The molecule has 1 amide bonds. The van der Waals surface area contributed by atoms with Gasteiger partial charge >= 0.3 is 0 Å². The smallest absolute Gasteiger partial charge is 0.225 e. The number of hydrogen-bond acceptors (Lipinski definition) is 5. The molecule has 0 unspecified atom stereocenters. The summed E-state index contributed by atoms with van der Waals surface area (Å²) >= 11 is 0. The largest absolute Gasteiger partial charge is 0.497 e. The van der Waals surface area contributed by atoms with Crippen LogP contribution in [0.15, 0.2) is 60.7 Å². The minimum atomic E-state index is -0.0188. The fourth-order valence-electron chi connectivity index (χ4n) is 4.23. The number of fused-ring (bicyclic) bond motifs is 1. The average molecular weight is 470 g/mol. The molecule has 1 N–H and O–H groups in total. The van der Waals surface area contributed by atoms with Crippen LogP contribution in [0.3, 0.4) is 0 Å². The molecule has 1 fully saturated rings. The number of benzene rings is 3. The van der Waals surface area contributed by atoms with Crippen LogP contribution in [0.1, 0.15) is 12.0 Å². The van der Waals surface area contributed by atoms with Crippen molar-refractivity contribution in [3.63, 3.8) is 0 Å². The number of amides is 1. The van der Waals surface area contributed by atoms with Gasteiger partial charge in [0.2, 0.25) is 5.91 Å². The van der Waals surface area contributed by atoms with E-state index in [1.54, 1.807) is 26.4 Å². The van der Waals surface area contributed by atoms with Gasteiger partial charge in [-0.1, -0.05) is 42.5 Å². The Balaban J connectivity index is 0.00000306. The summed E-state index contributed by atoms with van der Waals surface area (Å²) in [5, 5.41) is 5.58. The number of rotatable bonds is 8. The topological polar surface area (TPSA) is 54.0 Å². The molecule has 1 aliphatic heterocycles. The van der Waals surface area contributed by atoms with Crippen molar-refractivity contribution in [1.82, 2.24) is 9.80 Å². The molecule has 0 bridgehead atoms. The number of hydrogen-bond donors (Lipinski definition) is 1. The molecule has 0 aliphatic carbocycles. The lowest BCUT2D eigenvalue weighted by Gasteiger charge is -2.34. The fourth-order valence-corrected chi connectivity index (χ4v) is 4.23. The van der Waals surface area contributed by atoms with Gasteiger partial charge in [-0.2, -0.15) is 0 Å². The zero-order valence-electron chi connectivity index (χ0n) is 19.3. The first-order valence-corrected chi connectivity index (χ1v) is 11.1. The Morgan fingerprint density at radius 3 is 2.39 bits per heavy atom. The molecule has 6 nitrogen and oxygen atoms in total. The van der Waals surface area contributed by atoms with E-state index in [4.69, 9.17) is 9.47 Å². The second-order valence-corrected chi connectivity index (χ2v) is 8.12. The molecule has 1 heterocycles. The first-order valence-electron chi connectivity index (χ1n) is 11.1. The van der Waals surface area contributed by atoms with Gasteiger partial charge in [-0.05, 0) is 28.5 Å². The summed E-state index contributed by atoms with van der Waals surface area (Å²) in [6.45, 7) is 5.68. The van der Waals surface area contributed by atoms with E-state index in [1.165, 1.54) is 16.3 Å². The van der Waals surface area contributed by atoms with Crippen LogP contribution in [-0.4, -0.2) is 62.7 Å². The highest BCUT2D eigenvalue weighted by molar-refractivity contribution is 5.92. The van der Waals surface area contributed by atoms with E-state index < -0.39 is 0 Å². The van der Waals surface area contributed by atoms with E-state index in [0.717, 1.165) is 39.3 Å². The monoisotopic (exact) mass is 469 g/mol. The summed E-state index contributed by atoms with van der Waals surface area (Å²) in [6, 6.07) is 20.5. The second-order valence-electron chi connectivity index (χ2n) is 8.12. The van der Waals surface area contributed by atoms with Crippen LogP contribution in [0, 0.1) is 0 Å². The third kappa shape index (κ3) is 6.38. The Labute approximate surface area is 201 Å². The zero-order chi connectivity index (χ0) is 22.3. The Hall–Kier alpha value is -2.80. The third-order valence-corrected chi connectivity index (χ3v) is 6.07. The van der Waals surface area contributed by atoms with Crippen molar-refractivity contribution in [3.8, 4) is 11.5 Å². The molecule has 4 rings (SSSR count). The molecule has 0 saturated carbocycles. The highest BCUT2D eigenvalue weighted by Gasteiger charge is 2.18. The third-order valence-electron chi connectivity index (χ3n) is 6.07. The number of ether oxygens (including phenoxy) is 2. The molecule has 0 atom stereocenters. The van der Waals surface area contributed by atoms with Gasteiger partial charge in [0.25, 0.3) is 0 Å². The Morgan fingerprint density at radius 1 is 0.909 bits per heavy atom. The molecule has 7 heteroatoms. The van der Waals surface area contributed by atoms with Crippen LogP contribution < -0.4 is 14.8 Å². The number of piperazine rings is 1. The minimum absolute atomic E-state index is 0. The van der Waals surface area contributed by atoms with Gasteiger partial charge in [-0.15, -0.1) is 12.4 Å². The first-order chi connectivity index (χ1) is 15.7. The van der Waals surface area contributed by atoms with Crippen LogP contribution >= 0.6 is 12.4 Å². The van der Waals surface area contributed by atoms with Crippen molar-refractivity contribution in [2.75, 3.05) is 52.3 Å². The molecular weight excluding hydrogens is 438 g/mol. The molecule has 3 aromatic carbocycles. The lowest BCUT2D eigenvalue weighted by molar-refractivity contribution is -0.116. The number of nitrogens with zero attached hydrogens (tertiary/aromatic N) is 2. The summed E-state index contributed by atoms with van der Waals surface area (Å²) in [5.74, 6) is 1.29. The van der Waals surface area contributed by atoms with Crippen molar-refractivity contribution in [1.29, 1.82) is 0 Å². The fraction of sp³-hybridized carbons (Fsp3) is 0.346. The Bertz CT molecular complexity index is 1060. The molecule has 0 radical (unpaired) electrons. The second kappa shape index (κ2) is 11.9. The van der Waals surface area contributed by atoms with E-state index in [1.807, 2.05) is 6.07 Å². The number of nitrogens with one attached hydrogen (secondary N) is 1. The van der Waals surface area contributed by atoms with Crippen molar-refractivity contribution in [3.05, 3.63) is 66.2 Å². The molecule has 0 spiro atoms. The predicted octanol–water partition coefficient (Wildman–Crippen LogP) is 4.43. The maximum absolute atomic E-state index is 12.5. The SMILES string of the molecule is COc1ccc(OC)c(NC(=O)CCN2CCN(Cc3cccc4ccccc34)CC2)c1.Cl. The Morgan fingerprint density at radius 2 is 1.64 bits per heavy atom. The van der Waals surface area contributed by atoms with Gasteiger partial charge in [0, 0.05) is 51.8 Å². The highest BCUT2D eigenvalue weighted by atomic mass is 35.5. The number of methoxy groups -OCH3 is 2.